The van der Waals surface area contributed by atoms with Gasteiger partial charge in [0.25, 0.3) is 5.91 Å². The van der Waals surface area contributed by atoms with Crippen LogP contribution in [0.2, 0.25) is 0 Å². The molecule has 0 atom stereocenters. The number of aryl methyl sites for hydroxylation is 2. The molecule has 0 aliphatic heterocycles. The van der Waals surface area contributed by atoms with Gasteiger partial charge in [-0.15, -0.1) is 0 Å². The van der Waals surface area contributed by atoms with Crippen LogP contribution in [0, 0.1) is 19.7 Å². The fourth-order valence-electron chi connectivity index (χ4n) is 2.91. The van der Waals surface area contributed by atoms with Crippen molar-refractivity contribution in [2.75, 3.05) is 6.54 Å². The fourth-order valence-corrected chi connectivity index (χ4v) is 2.91. The monoisotopic (exact) mass is 350 g/mol. The van der Waals surface area contributed by atoms with E-state index < -0.39 is 0 Å². The zero-order chi connectivity index (χ0) is 18.7. The highest BCUT2D eigenvalue weighted by molar-refractivity contribution is 6.07. The predicted molar refractivity (Wildman–Crippen MR) is 104 cm³/mol. The van der Waals surface area contributed by atoms with Crippen LogP contribution in [0.5, 0.6) is 0 Å². The third kappa shape index (κ3) is 3.74. The van der Waals surface area contributed by atoms with Crippen LogP contribution in [-0.2, 0) is 0 Å². The number of carbonyl (C=O) groups is 1. The molecule has 3 rings (SSSR count). The molecule has 0 saturated heterocycles. The molecule has 4 heteroatoms. The first-order valence-corrected chi connectivity index (χ1v) is 8.95. The molecule has 3 aromatic rings. The van der Waals surface area contributed by atoms with E-state index in [1.54, 1.807) is 12.1 Å². The molecule has 0 aliphatic carbocycles. The van der Waals surface area contributed by atoms with Gasteiger partial charge < -0.3 is 5.32 Å². The normalized spacial score (nSPS) is 10.9. The lowest BCUT2D eigenvalue weighted by molar-refractivity contribution is 0.0955. The Morgan fingerprint density at radius 1 is 1.08 bits per heavy atom. The first-order valence-electron chi connectivity index (χ1n) is 8.95. The summed E-state index contributed by atoms with van der Waals surface area (Å²) < 4.78 is 13.7. The van der Waals surface area contributed by atoms with Gasteiger partial charge in [-0.1, -0.05) is 25.5 Å². The standard InChI is InChI=1S/C22H23FN2O/c1-4-5-10-24-22(26)19-13-21(16-7-6-14(2)15(3)11-16)25-20-9-8-17(23)12-18(19)20/h6-9,11-13H,4-5,10H2,1-3H3,(H,24,26). The number of amides is 1. The molecule has 1 heterocycles. The molecule has 134 valence electrons. The summed E-state index contributed by atoms with van der Waals surface area (Å²) in [6.07, 6.45) is 1.91. The summed E-state index contributed by atoms with van der Waals surface area (Å²) in [6.45, 7) is 6.78. The van der Waals surface area contributed by atoms with Crippen molar-refractivity contribution in [2.24, 2.45) is 0 Å². The summed E-state index contributed by atoms with van der Waals surface area (Å²) in [4.78, 5) is 17.3. The molecule has 3 nitrogen and oxygen atoms in total. The van der Waals surface area contributed by atoms with E-state index >= 15 is 0 Å². The lowest BCUT2D eigenvalue weighted by atomic mass is 10.0. The molecular weight excluding hydrogens is 327 g/mol. The number of aromatic nitrogens is 1. The lowest BCUT2D eigenvalue weighted by Gasteiger charge is -2.11. The van der Waals surface area contributed by atoms with E-state index in [1.807, 2.05) is 19.1 Å². The predicted octanol–water partition coefficient (Wildman–Crippen LogP) is 5.19. The highest BCUT2D eigenvalue weighted by Crippen LogP contribution is 2.27. The van der Waals surface area contributed by atoms with Gasteiger partial charge in [-0.2, -0.15) is 0 Å². The van der Waals surface area contributed by atoms with Gasteiger partial charge >= 0.3 is 0 Å². The van der Waals surface area contributed by atoms with Gasteiger partial charge in [-0.25, -0.2) is 9.37 Å². The van der Waals surface area contributed by atoms with E-state index in [1.165, 1.54) is 17.7 Å². The van der Waals surface area contributed by atoms with Crippen LogP contribution in [0.25, 0.3) is 22.2 Å². The zero-order valence-electron chi connectivity index (χ0n) is 15.4. The average Bonchev–Trinajstić information content (AvgIpc) is 2.63. The van der Waals surface area contributed by atoms with Crippen molar-refractivity contribution in [3.63, 3.8) is 0 Å². The topological polar surface area (TPSA) is 42.0 Å². The van der Waals surface area contributed by atoms with E-state index in [9.17, 15) is 9.18 Å². The van der Waals surface area contributed by atoms with Crippen LogP contribution in [0.15, 0.2) is 42.5 Å². The largest absolute Gasteiger partial charge is 0.352 e. The summed E-state index contributed by atoms with van der Waals surface area (Å²) in [6, 6.07) is 12.2. The molecular formula is C22H23FN2O. The van der Waals surface area contributed by atoms with Crippen LogP contribution in [0.1, 0.15) is 41.3 Å². The van der Waals surface area contributed by atoms with E-state index in [0.29, 0.717) is 28.7 Å². The number of hydrogen-bond acceptors (Lipinski definition) is 2. The second kappa shape index (κ2) is 7.65. The minimum atomic E-state index is -0.374. The minimum absolute atomic E-state index is 0.193. The summed E-state index contributed by atoms with van der Waals surface area (Å²) in [7, 11) is 0. The molecule has 0 unspecified atom stereocenters. The summed E-state index contributed by atoms with van der Waals surface area (Å²) in [5.74, 6) is -0.567. The first kappa shape index (κ1) is 18.1. The van der Waals surface area contributed by atoms with Crippen LogP contribution >= 0.6 is 0 Å². The van der Waals surface area contributed by atoms with Crippen LogP contribution < -0.4 is 5.32 Å². The van der Waals surface area contributed by atoms with Crippen molar-refractivity contribution < 1.29 is 9.18 Å². The summed E-state index contributed by atoms with van der Waals surface area (Å²) in [5.41, 5.74) is 5.10. The van der Waals surface area contributed by atoms with Crippen molar-refractivity contribution in [2.45, 2.75) is 33.6 Å². The zero-order valence-corrected chi connectivity index (χ0v) is 15.4. The highest BCUT2D eigenvalue weighted by Gasteiger charge is 2.15. The van der Waals surface area contributed by atoms with Gasteiger partial charge in [0, 0.05) is 17.5 Å². The number of halogens is 1. The van der Waals surface area contributed by atoms with Crippen molar-refractivity contribution in [3.8, 4) is 11.3 Å². The van der Waals surface area contributed by atoms with Gasteiger partial charge in [0.15, 0.2) is 0 Å². The summed E-state index contributed by atoms with van der Waals surface area (Å²) >= 11 is 0. The number of benzene rings is 2. The molecule has 0 radical (unpaired) electrons. The van der Waals surface area contributed by atoms with Gasteiger partial charge in [0.2, 0.25) is 0 Å². The van der Waals surface area contributed by atoms with Crippen molar-refractivity contribution in [3.05, 3.63) is 65.0 Å². The van der Waals surface area contributed by atoms with Gasteiger partial charge in [-0.05, 0) is 61.7 Å². The van der Waals surface area contributed by atoms with E-state index in [4.69, 9.17) is 0 Å². The molecule has 26 heavy (non-hydrogen) atoms. The number of nitrogens with zero attached hydrogens (tertiary/aromatic N) is 1. The molecule has 0 fully saturated rings. The number of unbranched alkanes of at least 4 members (excludes halogenated alkanes) is 1. The maximum absolute atomic E-state index is 13.7. The molecule has 0 spiro atoms. The van der Waals surface area contributed by atoms with E-state index in [-0.39, 0.29) is 11.7 Å². The third-order valence-electron chi connectivity index (χ3n) is 4.63. The maximum atomic E-state index is 13.7. The smallest absolute Gasteiger partial charge is 0.252 e. The third-order valence-corrected chi connectivity index (χ3v) is 4.63. The number of carbonyl (C=O) groups excluding carboxylic acids is 1. The Morgan fingerprint density at radius 3 is 2.62 bits per heavy atom. The highest BCUT2D eigenvalue weighted by atomic mass is 19.1. The number of pyridine rings is 1. The van der Waals surface area contributed by atoms with Gasteiger partial charge in [0.1, 0.15) is 5.82 Å². The van der Waals surface area contributed by atoms with Gasteiger partial charge in [-0.3, -0.25) is 4.79 Å². The Labute approximate surface area is 153 Å². The quantitative estimate of drug-likeness (QED) is 0.644. The number of rotatable bonds is 5. The van der Waals surface area contributed by atoms with Crippen LogP contribution in [-0.4, -0.2) is 17.4 Å². The Bertz CT molecular complexity index is 966. The number of nitrogens with one attached hydrogen (secondary N) is 1. The average molecular weight is 350 g/mol. The SMILES string of the molecule is CCCCNC(=O)c1cc(-c2ccc(C)c(C)c2)nc2ccc(F)cc12. The molecule has 0 bridgehead atoms. The molecule has 2 aromatic carbocycles. The Kier molecular flexibility index (Phi) is 5.31. The molecule has 1 aromatic heterocycles. The van der Waals surface area contributed by atoms with Crippen LogP contribution in [0.3, 0.4) is 0 Å². The number of fused-ring (bicyclic) bond motifs is 1. The lowest BCUT2D eigenvalue weighted by Crippen LogP contribution is -2.24. The minimum Gasteiger partial charge on any atom is -0.352 e. The fraction of sp³-hybridized carbons (Fsp3) is 0.273. The van der Waals surface area contributed by atoms with Gasteiger partial charge in [0.05, 0.1) is 16.8 Å². The first-order chi connectivity index (χ1) is 12.5. The van der Waals surface area contributed by atoms with Crippen molar-refractivity contribution >= 4 is 16.8 Å². The Morgan fingerprint density at radius 2 is 1.88 bits per heavy atom. The molecule has 1 N–H and O–H groups in total. The second-order valence-corrected chi connectivity index (χ2v) is 6.63. The van der Waals surface area contributed by atoms with Crippen LogP contribution in [0.4, 0.5) is 4.39 Å². The second-order valence-electron chi connectivity index (χ2n) is 6.63. The Hall–Kier alpha value is -2.75. The van der Waals surface area contributed by atoms with Crippen molar-refractivity contribution in [1.29, 1.82) is 0 Å². The molecule has 0 saturated carbocycles. The molecule has 1 amide bonds. The number of hydrogen-bond donors (Lipinski definition) is 1. The summed E-state index contributed by atoms with van der Waals surface area (Å²) in [5, 5.41) is 3.46. The maximum Gasteiger partial charge on any atom is 0.252 e. The Balaban J connectivity index is 2.12. The molecule has 0 aliphatic rings. The van der Waals surface area contributed by atoms with Crippen molar-refractivity contribution in [1.82, 2.24) is 10.3 Å². The van der Waals surface area contributed by atoms with E-state index in [2.05, 4.69) is 30.2 Å². The van der Waals surface area contributed by atoms with E-state index in [0.717, 1.165) is 24.0 Å².